The van der Waals surface area contributed by atoms with Gasteiger partial charge in [-0.05, 0) is 6.08 Å². The third-order valence-corrected chi connectivity index (χ3v) is 2.28. The molecule has 0 aliphatic heterocycles. The summed E-state index contributed by atoms with van der Waals surface area (Å²) in [6.07, 6.45) is 3.46. The van der Waals surface area contributed by atoms with Gasteiger partial charge in [0.2, 0.25) is 0 Å². The molecular weight excluding hydrogens is 232 g/mol. The van der Waals surface area contributed by atoms with Crippen LogP contribution in [0.4, 0.5) is 0 Å². The van der Waals surface area contributed by atoms with Crippen LogP contribution in [-0.2, 0) is 4.79 Å². The second-order valence-corrected chi connectivity index (χ2v) is 3.55. The second-order valence-electron chi connectivity index (χ2n) is 3.55. The molecule has 0 bridgehead atoms. The maximum atomic E-state index is 11.7. The Bertz CT molecular complexity index is 645. The molecule has 1 aromatic carbocycles. The summed E-state index contributed by atoms with van der Waals surface area (Å²) in [5, 5.41) is 8.48. The minimum atomic E-state index is -1.11. The molecule has 0 spiro atoms. The Morgan fingerprint density at radius 3 is 2.61 bits per heavy atom. The third kappa shape index (κ3) is 2.70. The molecule has 0 unspecified atom stereocenters. The van der Waals surface area contributed by atoms with Crippen LogP contribution in [0, 0.1) is 0 Å². The molecule has 0 aliphatic carbocycles. The van der Waals surface area contributed by atoms with E-state index >= 15 is 0 Å². The Hall–Kier alpha value is -2.69. The summed E-state index contributed by atoms with van der Waals surface area (Å²) in [6, 6.07) is 9.20. The SMILES string of the molecule is O=C(O)C=Cc1cnc(-c2ccccc2)[nH]c1=O. The van der Waals surface area contributed by atoms with Crippen molar-refractivity contribution in [1.82, 2.24) is 9.97 Å². The number of carbonyl (C=O) groups is 1. The number of nitrogens with one attached hydrogen (secondary N) is 1. The fraction of sp³-hybridized carbons (Fsp3) is 0. The van der Waals surface area contributed by atoms with E-state index in [0.717, 1.165) is 11.6 Å². The van der Waals surface area contributed by atoms with Crippen LogP contribution in [0.1, 0.15) is 5.56 Å². The van der Waals surface area contributed by atoms with E-state index < -0.39 is 5.97 Å². The quantitative estimate of drug-likeness (QED) is 0.799. The van der Waals surface area contributed by atoms with Crippen LogP contribution in [0.5, 0.6) is 0 Å². The molecule has 0 saturated carbocycles. The Labute approximate surface area is 102 Å². The lowest BCUT2D eigenvalue weighted by Gasteiger charge is -2.00. The number of H-pyrrole nitrogens is 1. The Morgan fingerprint density at radius 1 is 1.28 bits per heavy atom. The van der Waals surface area contributed by atoms with Crippen LogP contribution >= 0.6 is 0 Å². The Kier molecular flexibility index (Phi) is 3.33. The number of hydrogen-bond donors (Lipinski definition) is 2. The number of carboxylic acid groups (broad SMARTS) is 1. The lowest BCUT2D eigenvalue weighted by molar-refractivity contribution is -0.131. The summed E-state index contributed by atoms with van der Waals surface area (Å²) in [6.45, 7) is 0. The van der Waals surface area contributed by atoms with Crippen molar-refractivity contribution >= 4 is 12.0 Å². The predicted octanol–water partition coefficient (Wildman–Crippen LogP) is 1.53. The largest absolute Gasteiger partial charge is 0.478 e. The second kappa shape index (κ2) is 5.09. The minimum absolute atomic E-state index is 0.206. The van der Waals surface area contributed by atoms with Crippen molar-refractivity contribution in [2.24, 2.45) is 0 Å². The van der Waals surface area contributed by atoms with E-state index in [1.54, 1.807) is 0 Å². The van der Waals surface area contributed by atoms with Gasteiger partial charge in [0.15, 0.2) is 0 Å². The smallest absolute Gasteiger partial charge is 0.328 e. The zero-order valence-electron chi connectivity index (χ0n) is 9.33. The first kappa shape index (κ1) is 11.8. The molecule has 2 aromatic rings. The zero-order chi connectivity index (χ0) is 13.0. The van der Waals surface area contributed by atoms with Gasteiger partial charge in [-0.3, -0.25) is 4.79 Å². The van der Waals surface area contributed by atoms with Gasteiger partial charge in [-0.2, -0.15) is 0 Å². The average Bonchev–Trinajstić information content (AvgIpc) is 2.38. The fourth-order valence-electron chi connectivity index (χ4n) is 1.43. The summed E-state index contributed by atoms with van der Waals surface area (Å²) >= 11 is 0. The third-order valence-electron chi connectivity index (χ3n) is 2.28. The molecule has 5 heteroatoms. The summed E-state index contributed by atoms with van der Waals surface area (Å²) in [5.74, 6) is -0.658. The van der Waals surface area contributed by atoms with E-state index in [1.807, 2.05) is 30.3 Å². The lowest BCUT2D eigenvalue weighted by atomic mass is 10.2. The molecule has 90 valence electrons. The van der Waals surface area contributed by atoms with E-state index in [4.69, 9.17) is 5.11 Å². The molecule has 0 saturated heterocycles. The molecule has 0 radical (unpaired) electrons. The highest BCUT2D eigenvalue weighted by Crippen LogP contribution is 2.11. The molecule has 0 aliphatic rings. The molecule has 2 N–H and O–H groups in total. The Morgan fingerprint density at radius 2 is 2.00 bits per heavy atom. The van der Waals surface area contributed by atoms with Crippen molar-refractivity contribution in [2.75, 3.05) is 0 Å². The highest BCUT2D eigenvalue weighted by atomic mass is 16.4. The normalized spacial score (nSPS) is 10.7. The van der Waals surface area contributed by atoms with Gasteiger partial charge in [0, 0.05) is 17.8 Å². The molecule has 0 fully saturated rings. The molecule has 5 nitrogen and oxygen atoms in total. The predicted molar refractivity (Wildman–Crippen MR) is 67.0 cm³/mol. The fourth-order valence-corrected chi connectivity index (χ4v) is 1.43. The summed E-state index contributed by atoms with van der Waals surface area (Å²) < 4.78 is 0. The van der Waals surface area contributed by atoms with Crippen molar-refractivity contribution < 1.29 is 9.90 Å². The van der Waals surface area contributed by atoms with Gasteiger partial charge >= 0.3 is 5.97 Å². The zero-order valence-corrected chi connectivity index (χ0v) is 9.33. The van der Waals surface area contributed by atoms with Crippen molar-refractivity contribution in [2.45, 2.75) is 0 Å². The van der Waals surface area contributed by atoms with Crippen LogP contribution in [0.2, 0.25) is 0 Å². The molecule has 2 rings (SSSR count). The summed E-state index contributed by atoms with van der Waals surface area (Å²) in [4.78, 5) is 28.7. The van der Waals surface area contributed by atoms with Gasteiger partial charge in [-0.1, -0.05) is 30.3 Å². The standard InChI is InChI=1S/C13H10N2O3/c16-11(17)7-6-10-8-14-12(15-13(10)18)9-4-2-1-3-5-9/h1-8H,(H,16,17)(H,14,15,18). The average molecular weight is 242 g/mol. The highest BCUT2D eigenvalue weighted by molar-refractivity contribution is 5.85. The molecular formula is C13H10N2O3. The molecule has 0 amide bonds. The number of hydrogen-bond acceptors (Lipinski definition) is 3. The maximum Gasteiger partial charge on any atom is 0.328 e. The summed E-state index contributed by atoms with van der Waals surface area (Å²) in [5.41, 5.74) is 0.627. The van der Waals surface area contributed by atoms with Crippen molar-refractivity contribution in [3.8, 4) is 11.4 Å². The maximum absolute atomic E-state index is 11.7. The number of aromatic nitrogens is 2. The van der Waals surface area contributed by atoms with E-state index in [0.29, 0.717) is 5.82 Å². The first-order chi connectivity index (χ1) is 8.66. The number of benzene rings is 1. The minimum Gasteiger partial charge on any atom is -0.478 e. The first-order valence-electron chi connectivity index (χ1n) is 5.22. The van der Waals surface area contributed by atoms with Gasteiger partial charge in [0.05, 0.1) is 5.56 Å². The van der Waals surface area contributed by atoms with Crippen LogP contribution in [-0.4, -0.2) is 21.0 Å². The Balaban J connectivity index is 2.37. The van der Waals surface area contributed by atoms with Gasteiger partial charge < -0.3 is 10.1 Å². The monoisotopic (exact) mass is 242 g/mol. The highest BCUT2D eigenvalue weighted by Gasteiger charge is 2.02. The molecule has 1 aromatic heterocycles. The topological polar surface area (TPSA) is 83.0 Å². The first-order valence-corrected chi connectivity index (χ1v) is 5.22. The number of aromatic amines is 1. The van der Waals surface area contributed by atoms with Gasteiger partial charge in [-0.15, -0.1) is 0 Å². The van der Waals surface area contributed by atoms with E-state index in [2.05, 4.69) is 9.97 Å². The van der Waals surface area contributed by atoms with Gasteiger partial charge in [-0.25, -0.2) is 9.78 Å². The molecule has 18 heavy (non-hydrogen) atoms. The number of carboxylic acids is 1. The van der Waals surface area contributed by atoms with Crippen LogP contribution in [0.15, 0.2) is 47.4 Å². The van der Waals surface area contributed by atoms with E-state index in [1.165, 1.54) is 12.3 Å². The van der Waals surface area contributed by atoms with Crippen molar-refractivity contribution in [3.63, 3.8) is 0 Å². The van der Waals surface area contributed by atoms with Gasteiger partial charge in [0.25, 0.3) is 5.56 Å². The van der Waals surface area contributed by atoms with E-state index in [-0.39, 0.29) is 11.1 Å². The molecule has 0 atom stereocenters. The number of aliphatic carboxylic acids is 1. The van der Waals surface area contributed by atoms with Gasteiger partial charge in [0.1, 0.15) is 5.82 Å². The van der Waals surface area contributed by atoms with Crippen LogP contribution in [0.3, 0.4) is 0 Å². The number of nitrogens with zero attached hydrogens (tertiary/aromatic N) is 1. The number of rotatable bonds is 3. The summed E-state index contributed by atoms with van der Waals surface area (Å²) in [7, 11) is 0. The van der Waals surface area contributed by atoms with Crippen LogP contribution in [0.25, 0.3) is 17.5 Å². The van der Waals surface area contributed by atoms with Crippen molar-refractivity contribution in [1.29, 1.82) is 0 Å². The molecule has 1 heterocycles. The van der Waals surface area contributed by atoms with Crippen molar-refractivity contribution in [3.05, 3.63) is 58.5 Å². The van der Waals surface area contributed by atoms with E-state index in [9.17, 15) is 9.59 Å². The lowest BCUT2D eigenvalue weighted by Crippen LogP contribution is -2.11. The van der Waals surface area contributed by atoms with Crippen LogP contribution < -0.4 is 5.56 Å².